The summed E-state index contributed by atoms with van der Waals surface area (Å²) in [5, 5.41) is 3.26. The zero-order chi connectivity index (χ0) is 13.0. The van der Waals surface area contributed by atoms with E-state index in [0.717, 1.165) is 19.5 Å². The van der Waals surface area contributed by atoms with Gasteiger partial charge in [-0.25, -0.2) is 0 Å². The topological polar surface area (TPSA) is 61.9 Å². The van der Waals surface area contributed by atoms with Gasteiger partial charge >= 0.3 is 0 Å². The third-order valence-corrected chi connectivity index (χ3v) is 3.45. The van der Waals surface area contributed by atoms with Crippen molar-refractivity contribution in [3.63, 3.8) is 0 Å². The summed E-state index contributed by atoms with van der Waals surface area (Å²) in [6.45, 7) is 3.68. The summed E-state index contributed by atoms with van der Waals surface area (Å²) >= 11 is 0. The largest absolute Gasteiger partial charge is 0.378 e. The van der Waals surface area contributed by atoms with Crippen LogP contribution >= 0.6 is 0 Å². The Balaban J connectivity index is 1.85. The van der Waals surface area contributed by atoms with Crippen molar-refractivity contribution in [3.05, 3.63) is 0 Å². The third kappa shape index (κ3) is 3.43. The number of carbonyl (C=O) groups excluding carboxylic acids is 2. The van der Waals surface area contributed by atoms with E-state index in [1.165, 1.54) is 0 Å². The number of rotatable bonds is 2. The highest BCUT2D eigenvalue weighted by atomic mass is 16.5. The molecule has 2 saturated heterocycles. The smallest absolute Gasteiger partial charge is 0.241 e. The Labute approximate surface area is 107 Å². The summed E-state index contributed by atoms with van der Waals surface area (Å²) in [5.74, 6) is 0.0651. The maximum atomic E-state index is 12.1. The molecule has 0 aromatic rings. The van der Waals surface area contributed by atoms with Gasteiger partial charge in [0.2, 0.25) is 11.8 Å². The standard InChI is InChI=1S/C12H21N3O3/c1-14-4-2-5-15(8-12(14)17)11(16)7-10-9-18-6-3-13-10/h10,13H,2-9H2,1H3. The van der Waals surface area contributed by atoms with E-state index in [0.29, 0.717) is 26.2 Å². The first-order valence-corrected chi connectivity index (χ1v) is 6.49. The molecule has 1 atom stereocenters. The molecular formula is C12H21N3O3. The zero-order valence-electron chi connectivity index (χ0n) is 10.9. The van der Waals surface area contributed by atoms with Crippen LogP contribution in [-0.4, -0.2) is 74.1 Å². The fourth-order valence-corrected chi connectivity index (χ4v) is 2.29. The first-order chi connectivity index (χ1) is 8.66. The van der Waals surface area contributed by atoms with Crippen LogP contribution in [0.2, 0.25) is 0 Å². The maximum Gasteiger partial charge on any atom is 0.241 e. The van der Waals surface area contributed by atoms with Crippen molar-refractivity contribution in [1.82, 2.24) is 15.1 Å². The molecule has 18 heavy (non-hydrogen) atoms. The van der Waals surface area contributed by atoms with Gasteiger partial charge in [-0.3, -0.25) is 9.59 Å². The van der Waals surface area contributed by atoms with Crippen LogP contribution in [0.1, 0.15) is 12.8 Å². The molecule has 0 aliphatic carbocycles. The second-order valence-electron chi connectivity index (χ2n) is 4.91. The quantitative estimate of drug-likeness (QED) is 0.691. The van der Waals surface area contributed by atoms with E-state index in [1.807, 2.05) is 0 Å². The number of carbonyl (C=O) groups is 2. The van der Waals surface area contributed by atoms with Crippen LogP contribution in [-0.2, 0) is 14.3 Å². The summed E-state index contributed by atoms with van der Waals surface area (Å²) in [5.41, 5.74) is 0. The van der Waals surface area contributed by atoms with Gasteiger partial charge in [0.25, 0.3) is 0 Å². The number of nitrogens with zero attached hydrogens (tertiary/aromatic N) is 2. The average Bonchev–Trinajstić information content (AvgIpc) is 2.53. The Morgan fingerprint density at radius 2 is 2.33 bits per heavy atom. The molecule has 6 nitrogen and oxygen atoms in total. The van der Waals surface area contributed by atoms with Crippen molar-refractivity contribution in [2.24, 2.45) is 0 Å². The van der Waals surface area contributed by atoms with Crippen molar-refractivity contribution >= 4 is 11.8 Å². The Hall–Kier alpha value is -1.14. The van der Waals surface area contributed by atoms with E-state index >= 15 is 0 Å². The predicted molar refractivity (Wildman–Crippen MR) is 66.1 cm³/mol. The van der Waals surface area contributed by atoms with Crippen LogP contribution in [0.4, 0.5) is 0 Å². The van der Waals surface area contributed by atoms with Gasteiger partial charge in [-0.15, -0.1) is 0 Å². The van der Waals surface area contributed by atoms with Gasteiger partial charge in [-0.1, -0.05) is 0 Å². The van der Waals surface area contributed by atoms with Gasteiger partial charge in [-0.05, 0) is 6.42 Å². The fourth-order valence-electron chi connectivity index (χ4n) is 2.29. The molecule has 6 heteroatoms. The molecule has 2 aliphatic heterocycles. The van der Waals surface area contributed by atoms with Crippen LogP contribution in [0.15, 0.2) is 0 Å². The number of hydrogen-bond acceptors (Lipinski definition) is 4. The lowest BCUT2D eigenvalue weighted by molar-refractivity contribution is -0.138. The SMILES string of the molecule is CN1CCCN(C(=O)CC2COCCN2)CC1=O. The molecule has 1 N–H and O–H groups in total. The molecule has 2 rings (SSSR count). The van der Waals surface area contributed by atoms with Crippen molar-refractivity contribution in [2.45, 2.75) is 18.9 Å². The molecule has 2 fully saturated rings. The van der Waals surface area contributed by atoms with Gasteiger partial charge in [-0.2, -0.15) is 0 Å². The second kappa shape index (κ2) is 6.15. The van der Waals surface area contributed by atoms with E-state index in [1.54, 1.807) is 16.8 Å². The molecule has 2 heterocycles. The number of likely N-dealkylation sites (N-methyl/N-ethyl adjacent to an activating group) is 1. The van der Waals surface area contributed by atoms with Gasteiger partial charge < -0.3 is 19.9 Å². The highest BCUT2D eigenvalue weighted by Crippen LogP contribution is 2.07. The van der Waals surface area contributed by atoms with Crippen molar-refractivity contribution in [3.8, 4) is 0 Å². The third-order valence-electron chi connectivity index (χ3n) is 3.45. The molecule has 0 spiro atoms. The van der Waals surface area contributed by atoms with E-state index in [4.69, 9.17) is 4.74 Å². The van der Waals surface area contributed by atoms with Crippen LogP contribution in [0.5, 0.6) is 0 Å². The lowest BCUT2D eigenvalue weighted by Gasteiger charge is -2.26. The molecule has 0 aromatic carbocycles. The Morgan fingerprint density at radius 1 is 1.50 bits per heavy atom. The summed E-state index contributed by atoms with van der Waals surface area (Å²) in [4.78, 5) is 27.2. The summed E-state index contributed by atoms with van der Waals surface area (Å²) in [6, 6.07) is 0.0855. The van der Waals surface area contributed by atoms with Gasteiger partial charge in [0, 0.05) is 39.1 Å². The molecule has 2 aliphatic rings. The number of morpholine rings is 1. The molecule has 0 radical (unpaired) electrons. The molecule has 0 bridgehead atoms. The van der Waals surface area contributed by atoms with Gasteiger partial charge in [0.15, 0.2) is 0 Å². The van der Waals surface area contributed by atoms with Gasteiger partial charge in [0.05, 0.1) is 19.8 Å². The first-order valence-electron chi connectivity index (χ1n) is 6.49. The van der Waals surface area contributed by atoms with Crippen LogP contribution < -0.4 is 5.32 Å². The van der Waals surface area contributed by atoms with E-state index in [9.17, 15) is 9.59 Å². The first kappa shape index (κ1) is 13.3. The normalized spacial score (nSPS) is 26.1. The fraction of sp³-hybridized carbons (Fsp3) is 0.833. The van der Waals surface area contributed by atoms with Crippen molar-refractivity contribution in [1.29, 1.82) is 0 Å². The average molecular weight is 255 g/mol. The Morgan fingerprint density at radius 3 is 3.06 bits per heavy atom. The van der Waals surface area contributed by atoms with E-state index in [-0.39, 0.29) is 24.4 Å². The summed E-state index contributed by atoms with van der Waals surface area (Å²) < 4.78 is 5.32. The highest BCUT2D eigenvalue weighted by molar-refractivity contribution is 5.85. The highest BCUT2D eigenvalue weighted by Gasteiger charge is 2.25. The molecular weight excluding hydrogens is 234 g/mol. The van der Waals surface area contributed by atoms with Crippen molar-refractivity contribution in [2.75, 3.05) is 46.4 Å². The molecule has 0 aromatic heterocycles. The monoisotopic (exact) mass is 255 g/mol. The number of hydrogen-bond donors (Lipinski definition) is 1. The minimum Gasteiger partial charge on any atom is -0.378 e. The lowest BCUT2D eigenvalue weighted by Crippen LogP contribution is -2.46. The van der Waals surface area contributed by atoms with Crippen LogP contribution in [0, 0.1) is 0 Å². The lowest BCUT2D eigenvalue weighted by atomic mass is 10.1. The second-order valence-corrected chi connectivity index (χ2v) is 4.91. The zero-order valence-corrected chi connectivity index (χ0v) is 10.9. The minimum atomic E-state index is 0.0219. The number of amides is 2. The number of ether oxygens (including phenoxy) is 1. The molecule has 102 valence electrons. The van der Waals surface area contributed by atoms with Gasteiger partial charge in [0.1, 0.15) is 0 Å². The predicted octanol–water partition coefficient (Wildman–Crippen LogP) is -0.944. The Kier molecular flexibility index (Phi) is 4.54. The molecule has 2 amide bonds. The minimum absolute atomic E-state index is 0.0219. The molecule has 0 saturated carbocycles. The number of nitrogens with one attached hydrogen (secondary N) is 1. The van der Waals surface area contributed by atoms with E-state index in [2.05, 4.69) is 5.32 Å². The van der Waals surface area contributed by atoms with Crippen molar-refractivity contribution < 1.29 is 14.3 Å². The Bertz CT molecular complexity index is 316. The maximum absolute atomic E-state index is 12.1. The molecule has 1 unspecified atom stereocenters. The van der Waals surface area contributed by atoms with Crippen LogP contribution in [0.3, 0.4) is 0 Å². The summed E-state index contributed by atoms with van der Waals surface area (Å²) in [6.07, 6.45) is 1.26. The summed E-state index contributed by atoms with van der Waals surface area (Å²) in [7, 11) is 1.78. The van der Waals surface area contributed by atoms with Crippen LogP contribution in [0.25, 0.3) is 0 Å². The van der Waals surface area contributed by atoms with E-state index < -0.39 is 0 Å².